The van der Waals surface area contributed by atoms with Gasteiger partial charge in [-0.05, 0) is 30.2 Å². The molecule has 3 N–H and O–H groups in total. The molecule has 0 aliphatic carbocycles. The van der Waals surface area contributed by atoms with Crippen molar-refractivity contribution < 1.29 is 14.6 Å². The highest BCUT2D eigenvalue weighted by molar-refractivity contribution is 7.57. The van der Waals surface area contributed by atoms with E-state index in [1.54, 1.807) is 24.3 Å². The molecule has 0 aliphatic rings. The molecule has 132 valence electrons. The van der Waals surface area contributed by atoms with Gasteiger partial charge in [0.25, 0.3) is 0 Å². The molecule has 0 aliphatic heterocycles. The zero-order valence-corrected chi connectivity index (χ0v) is 15.1. The Bertz CT molecular complexity index is 756. The zero-order valence-electron chi connectivity index (χ0n) is 14.2. The average molecular weight is 358 g/mol. The molecule has 0 fully saturated rings. The van der Waals surface area contributed by atoms with Crippen molar-refractivity contribution in [3.05, 3.63) is 71.3 Å². The number of hydrogen-bond acceptors (Lipinski definition) is 4. The molecule has 0 radical (unpaired) electrons. The molecule has 0 saturated carbocycles. The molecule has 6 heteroatoms. The summed E-state index contributed by atoms with van der Waals surface area (Å²) in [5.74, 6) is 0. The van der Waals surface area contributed by atoms with Crippen LogP contribution in [0.1, 0.15) is 29.7 Å². The molecule has 2 rings (SSSR count). The minimum atomic E-state index is -3.44. The van der Waals surface area contributed by atoms with Crippen molar-refractivity contribution in [3.63, 3.8) is 0 Å². The van der Waals surface area contributed by atoms with Gasteiger partial charge in [0.15, 0.2) is 0 Å². The first-order valence-electron chi connectivity index (χ1n) is 8.16. The number of nitrogens with zero attached hydrogens (tertiary/aromatic N) is 1. The van der Waals surface area contributed by atoms with Crippen molar-refractivity contribution in [2.75, 3.05) is 12.7 Å². The Kier molecular flexibility index (Phi) is 6.92. The van der Waals surface area contributed by atoms with Gasteiger partial charge >= 0.3 is 0 Å². The lowest BCUT2D eigenvalue weighted by atomic mass is 10.1. The number of hydrogen-bond donors (Lipinski definition) is 3. The maximum Gasteiger partial charge on any atom is 0.207 e. The summed E-state index contributed by atoms with van der Waals surface area (Å²) in [5.41, 5.74) is 2.38. The highest BCUT2D eigenvalue weighted by Crippen LogP contribution is 2.44. The minimum Gasteiger partial charge on any atom is -0.391 e. The summed E-state index contributed by atoms with van der Waals surface area (Å²) in [5, 5.41) is 22.1. The number of benzene rings is 2. The molecule has 2 aromatic rings. The van der Waals surface area contributed by atoms with E-state index in [1.165, 1.54) is 0 Å². The van der Waals surface area contributed by atoms with Crippen LogP contribution in [-0.4, -0.2) is 28.8 Å². The normalized spacial score (nSPS) is 15.8. The van der Waals surface area contributed by atoms with Gasteiger partial charge in [-0.25, -0.2) is 0 Å². The topological polar surface area (TPSA) is 93.3 Å². The van der Waals surface area contributed by atoms with E-state index in [9.17, 15) is 14.6 Å². The first kappa shape index (κ1) is 19.4. The fraction of sp³-hybridized carbons (Fsp3) is 0.316. The lowest BCUT2D eigenvalue weighted by Gasteiger charge is -2.20. The van der Waals surface area contributed by atoms with Crippen molar-refractivity contribution in [2.45, 2.75) is 25.2 Å². The molecule has 25 heavy (non-hydrogen) atoms. The van der Waals surface area contributed by atoms with Crippen LogP contribution < -0.4 is 5.32 Å². The van der Waals surface area contributed by atoms with E-state index >= 15 is 0 Å². The van der Waals surface area contributed by atoms with Gasteiger partial charge in [-0.1, -0.05) is 42.5 Å². The van der Waals surface area contributed by atoms with Gasteiger partial charge in [-0.2, -0.15) is 5.26 Å². The quantitative estimate of drug-likeness (QED) is 0.631. The van der Waals surface area contributed by atoms with E-state index in [2.05, 4.69) is 11.4 Å². The van der Waals surface area contributed by atoms with E-state index in [4.69, 9.17) is 5.26 Å². The third-order valence-corrected chi connectivity index (χ3v) is 5.82. The summed E-state index contributed by atoms with van der Waals surface area (Å²) in [7, 11) is -3.44. The summed E-state index contributed by atoms with van der Waals surface area (Å²) in [6.07, 6.45) is -0.981. The second kappa shape index (κ2) is 8.94. The predicted octanol–water partition coefficient (Wildman–Crippen LogP) is 3.04. The molecule has 0 bridgehead atoms. The van der Waals surface area contributed by atoms with E-state index in [1.807, 2.05) is 37.3 Å². The van der Waals surface area contributed by atoms with Crippen LogP contribution in [0.2, 0.25) is 0 Å². The van der Waals surface area contributed by atoms with Gasteiger partial charge in [0, 0.05) is 18.7 Å². The van der Waals surface area contributed by atoms with E-state index in [0.29, 0.717) is 5.56 Å². The Labute approximate surface area is 148 Å². The van der Waals surface area contributed by atoms with E-state index in [-0.39, 0.29) is 24.9 Å². The Morgan fingerprint density at radius 2 is 1.80 bits per heavy atom. The molecule has 0 heterocycles. The van der Waals surface area contributed by atoms with Crippen LogP contribution in [-0.2, 0) is 10.7 Å². The molecule has 3 unspecified atom stereocenters. The third-order valence-electron chi connectivity index (χ3n) is 3.97. The standard InChI is InChI=1S/C19H23N2O3P/c1-15(18-9-7-16(11-20)8-10-18)21-12-19(22)14-25(23,24)13-17-5-3-2-4-6-17/h2-10,15,19,21-22H,12-14H2,1H3,(H,23,24). The molecular formula is C19H23N2O3P. The van der Waals surface area contributed by atoms with Crippen molar-refractivity contribution in [1.29, 1.82) is 5.26 Å². The fourth-order valence-electron chi connectivity index (χ4n) is 2.60. The van der Waals surface area contributed by atoms with Crippen LogP contribution in [0.25, 0.3) is 0 Å². The highest BCUT2D eigenvalue weighted by atomic mass is 31.2. The van der Waals surface area contributed by atoms with Gasteiger partial charge in [0.2, 0.25) is 7.37 Å². The number of nitrogens with one attached hydrogen (secondary N) is 1. The summed E-state index contributed by atoms with van der Waals surface area (Å²) in [4.78, 5) is 10.1. The van der Waals surface area contributed by atoms with Crippen molar-refractivity contribution in [3.8, 4) is 6.07 Å². The summed E-state index contributed by atoms with van der Waals surface area (Å²) in [6, 6.07) is 18.4. The van der Waals surface area contributed by atoms with Gasteiger partial charge in [0.05, 0.1) is 23.9 Å². The second-order valence-electron chi connectivity index (χ2n) is 6.19. The fourth-order valence-corrected chi connectivity index (χ4v) is 4.30. The molecule has 0 amide bonds. The monoisotopic (exact) mass is 358 g/mol. The smallest absolute Gasteiger partial charge is 0.207 e. The lowest BCUT2D eigenvalue weighted by molar-refractivity contribution is 0.186. The Balaban J connectivity index is 1.83. The average Bonchev–Trinajstić information content (AvgIpc) is 2.59. The molecule has 3 atom stereocenters. The van der Waals surface area contributed by atoms with Gasteiger partial charge in [-0.3, -0.25) is 4.57 Å². The van der Waals surface area contributed by atoms with Gasteiger partial charge in [-0.15, -0.1) is 0 Å². The molecule has 5 nitrogen and oxygen atoms in total. The van der Waals surface area contributed by atoms with Crippen LogP contribution >= 0.6 is 7.37 Å². The van der Waals surface area contributed by atoms with Crippen molar-refractivity contribution in [2.24, 2.45) is 0 Å². The van der Waals surface area contributed by atoms with Crippen molar-refractivity contribution >= 4 is 7.37 Å². The highest BCUT2D eigenvalue weighted by Gasteiger charge is 2.23. The summed E-state index contributed by atoms with van der Waals surface area (Å²) in [6.45, 7) is 2.16. The Morgan fingerprint density at radius 3 is 2.40 bits per heavy atom. The van der Waals surface area contributed by atoms with E-state index in [0.717, 1.165) is 11.1 Å². The first-order valence-corrected chi connectivity index (χ1v) is 10.2. The van der Waals surface area contributed by atoms with Crippen molar-refractivity contribution in [1.82, 2.24) is 5.32 Å². The van der Waals surface area contributed by atoms with E-state index < -0.39 is 13.5 Å². The Morgan fingerprint density at radius 1 is 1.16 bits per heavy atom. The van der Waals surface area contributed by atoms with Crippen LogP contribution in [0.15, 0.2) is 54.6 Å². The molecular weight excluding hydrogens is 335 g/mol. The minimum absolute atomic E-state index is 0.0328. The maximum absolute atomic E-state index is 12.3. The van der Waals surface area contributed by atoms with Crippen LogP contribution in [0.3, 0.4) is 0 Å². The third kappa shape index (κ3) is 6.45. The lowest BCUT2D eigenvalue weighted by Crippen LogP contribution is -2.31. The molecule has 2 aromatic carbocycles. The molecule has 0 spiro atoms. The number of aliphatic hydroxyl groups is 1. The summed E-state index contributed by atoms with van der Waals surface area (Å²) < 4.78 is 12.3. The first-order chi connectivity index (χ1) is 11.9. The zero-order chi connectivity index (χ0) is 18.3. The number of aliphatic hydroxyl groups excluding tert-OH is 1. The predicted molar refractivity (Wildman–Crippen MR) is 98.4 cm³/mol. The maximum atomic E-state index is 12.3. The second-order valence-corrected chi connectivity index (χ2v) is 8.56. The SMILES string of the molecule is CC(NCC(O)CP(=O)(O)Cc1ccccc1)c1ccc(C#N)cc1. The van der Waals surface area contributed by atoms with Gasteiger partial charge < -0.3 is 15.3 Å². The molecule has 0 saturated heterocycles. The number of nitriles is 1. The van der Waals surface area contributed by atoms with Crippen LogP contribution in [0, 0.1) is 11.3 Å². The largest absolute Gasteiger partial charge is 0.391 e. The summed E-state index contributed by atoms with van der Waals surface area (Å²) >= 11 is 0. The Hall–Kier alpha value is -1.96. The van der Waals surface area contributed by atoms with Crippen LogP contribution in [0.5, 0.6) is 0 Å². The number of rotatable bonds is 8. The molecule has 0 aromatic heterocycles. The van der Waals surface area contributed by atoms with Crippen LogP contribution in [0.4, 0.5) is 0 Å². The van der Waals surface area contributed by atoms with Gasteiger partial charge in [0.1, 0.15) is 0 Å².